The monoisotopic (exact) mass is 724 g/mol. The van der Waals surface area contributed by atoms with Gasteiger partial charge in [-0.05, 0) is 41.5 Å². The zero-order valence-corrected chi connectivity index (χ0v) is 27.7. The van der Waals surface area contributed by atoms with Crippen molar-refractivity contribution in [2.45, 2.75) is 24.7 Å². The van der Waals surface area contributed by atoms with E-state index in [0.717, 1.165) is 4.90 Å². The Morgan fingerprint density at radius 1 is 0.887 bits per heavy atom. The molecule has 0 fully saturated rings. The van der Waals surface area contributed by atoms with Crippen molar-refractivity contribution in [1.82, 2.24) is 10.2 Å². The number of para-hydroxylation sites is 1. The van der Waals surface area contributed by atoms with Crippen LogP contribution in [0.3, 0.4) is 0 Å². The van der Waals surface area contributed by atoms with Crippen molar-refractivity contribution < 1.29 is 41.9 Å². The van der Waals surface area contributed by atoms with Crippen LogP contribution in [0.2, 0.25) is 0 Å². The maximum atomic E-state index is 15.0. The molecule has 53 heavy (non-hydrogen) atoms. The van der Waals surface area contributed by atoms with E-state index in [0.29, 0.717) is 11.3 Å². The zero-order valence-electron chi connectivity index (χ0n) is 27.7. The van der Waals surface area contributed by atoms with E-state index in [1.54, 1.807) is 78.9 Å². The number of hydrogen-bond acceptors (Lipinski definition) is 7. The zero-order chi connectivity index (χ0) is 38.1. The molecular formula is C38H31F3N6O6. The van der Waals surface area contributed by atoms with E-state index in [2.05, 4.69) is 26.9 Å². The van der Waals surface area contributed by atoms with Crippen LogP contribution >= 0.6 is 0 Å². The average Bonchev–Trinajstić information content (AvgIpc) is 3.23. The number of nitrogens with two attached hydrogens (primary N) is 2. The fraction of sp³-hybridized carbons (Fsp3) is 0.158. The van der Waals surface area contributed by atoms with Crippen molar-refractivity contribution >= 4 is 47.0 Å². The van der Waals surface area contributed by atoms with Crippen LogP contribution in [-0.4, -0.2) is 59.8 Å². The number of alkyl halides is 3. The van der Waals surface area contributed by atoms with Crippen molar-refractivity contribution in [3.05, 3.63) is 131 Å². The molecular weight excluding hydrogens is 693 g/mol. The van der Waals surface area contributed by atoms with Gasteiger partial charge in [-0.25, -0.2) is 4.79 Å². The maximum absolute atomic E-state index is 15.0. The van der Waals surface area contributed by atoms with Crippen LogP contribution in [0, 0.1) is 11.8 Å². The van der Waals surface area contributed by atoms with E-state index >= 15 is 4.79 Å². The van der Waals surface area contributed by atoms with Crippen LogP contribution < -0.4 is 21.7 Å². The normalized spacial score (nSPS) is 14.5. The van der Waals surface area contributed by atoms with E-state index in [4.69, 9.17) is 11.5 Å². The summed E-state index contributed by atoms with van der Waals surface area (Å²) >= 11 is 0. The van der Waals surface area contributed by atoms with Crippen LogP contribution in [0.1, 0.15) is 45.6 Å². The first kappa shape index (κ1) is 37.3. The predicted octanol–water partition coefficient (Wildman–Crippen LogP) is 4.05. The van der Waals surface area contributed by atoms with Crippen LogP contribution in [-0.2, 0) is 23.9 Å². The van der Waals surface area contributed by atoms with Crippen molar-refractivity contribution in [2.24, 2.45) is 16.5 Å². The van der Waals surface area contributed by atoms with Gasteiger partial charge in [0.25, 0.3) is 17.7 Å². The first-order valence-corrected chi connectivity index (χ1v) is 16.0. The minimum absolute atomic E-state index is 0.0822. The molecule has 5 rings (SSSR count). The number of anilines is 2. The summed E-state index contributed by atoms with van der Waals surface area (Å²) in [6.07, 6.45) is -6.40. The SMILES string of the molecule is NC(N)=NCCNC(=O)C#Cc1ccc2c(c1)C(=O)N(C(CC(=O)OC(=O)C(F)(F)F)c1ccccc1)C(c1ccccc1)C(=O)N2c1ccccc1. The fourth-order valence-corrected chi connectivity index (χ4v) is 5.64. The highest BCUT2D eigenvalue weighted by Crippen LogP contribution is 2.43. The number of carbonyl (C=O) groups excluding carboxylic acids is 5. The number of rotatable bonds is 9. The van der Waals surface area contributed by atoms with Crippen LogP contribution in [0.25, 0.3) is 0 Å². The summed E-state index contributed by atoms with van der Waals surface area (Å²) < 4.78 is 43.5. The van der Waals surface area contributed by atoms with Gasteiger partial charge in [0, 0.05) is 23.7 Å². The van der Waals surface area contributed by atoms with Gasteiger partial charge in [-0.1, -0.05) is 84.8 Å². The largest absolute Gasteiger partial charge is 0.491 e. The third kappa shape index (κ3) is 9.05. The number of hydrogen-bond donors (Lipinski definition) is 3. The Labute approximate surface area is 301 Å². The Kier molecular flexibility index (Phi) is 11.5. The van der Waals surface area contributed by atoms with Crippen LogP contribution in [0.15, 0.2) is 114 Å². The van der Waals surface area contributed by atoms with Gasteiger partial charge in [-0.2, -0.15) is 13.2 Å². The van der Waals surface area contributed by atoms with E-state index in [9.17, 15) is 32.3 Å². The summed E-state index contributed by atoms with van der Waals surface area (Å²) in [5.41, 5.74) is 11.8. The van der Waals surface area contributed by atoms with Crippen LogP contribution in [0.5, 0.6) is 0 Å². The minimum Gasteiger partial charge on any atom is -0.386 e. The van der Waals surface area contributed by atoms with Gasteiger partial charge >= 0.3 is 18.1 Å². The number of guanidine groups is 1. The number of fused-ring (bicyclic) bond motifs is 1. The molecule has 270 valence electrons. The highest BCUT2D eigenvalue weighted by atomic mass is 19.4. The van der Waals surface area contributed by atoms with Crippen molar-refractivity contribution in [3.8, 4) is 11.8 Å². The molecule has 0 aromatic heterocycles. The van der Waals surface area contributed by atoms with E-state index in [1.165, 1.54) is 35.2 Å². The number of benzene rings is 4. The Morgan fingerprint density at radius 2 is 1.51 bits per heavy atom. The summed E-state index contributed by atoms with van der Waals surface area (Å²) in [6.45, 7) is 0.210. The molecule has 2 unspecified atom stereocenters. The number of halogens is 3. The summed E-state index contributed by atoms with van der Waals surface area (Å²) in [6, 6.07) is 25.9. The molecule has 0 spiro atoms. The first-order valence-electron chi connectivity index (χ1n) is 16.0. The third-order valence-corrected chi connectivity index (χ3v) is 7.89. The molecule has 0 bridgehead atoms. The van der Waals surface area contributed by atoms with E-state index in [-0.39, 0.29) is 41.4 Å². The molecule has 0 saturated heterocycles. The second kappa shape index (κ2) is 16.4. The highest BCUT2D eigenvalue weighted by Gasteiger charge is 2.47. The van der Waals surface area contributed by atoms with Gasteiger partial charge in [0.15, 0.2) is 5.96 Å². The lowest BCUT2D eigenvalue weighted by Gasteiger charge is -2.37. The molecule has 1 aliphatic heterocycles. The molecule has 3 amide bonds. The third-order valence-electron chi connectivity index (χ3n) is 7.89. The summed E-state index contributed by atoms with van der Waals surface area (Å²) in [4.78, 5) is 73.3. The fourth-order valence-electron chi connectivity index (χ4n) is 5.64. The maximum Gasteiger partial charge on any atom is 0.491 e. The molecule has 5 N–H and O–H groups in total. The van der Waals surface area contributed by atoms with Crippen molar-refractivity contribution in [1.29, 1.82) is 0 Å². The number of nitrogens with one attached hydrogen (secondary N) is 1. The molecule has 15 heteroatoms. The summed E-state index contributed by atoms with van der Waals surface area (Å²) in [7, 11) is 0. The Bertz CT molecular complexity index is 2100. The van der Waals surface area contributed by atoms with Crippen molar-refractivity contribution in [2.75, 3.05) is 18.0 Å². The minimum atomic E-state index is -5.46. The first-order chi connectivity index (χ1) is 25.3. The molecule has 1 aliphatic rings. The van der Waals surface area contributed by atoms with Gasteiger partial charge in [-0.15, -0.1) is 0 Å². The van der Waals surface area contributed by atoms with Gasteiger partial charge < -0.3 is 26.4 Å². The molecule has 1 heterocycles. The lowest BCUT2D eigenvalue weighted by Crippen LogP contribution is -2.44. The average molecular weight is 725 g/mol. The Balaban J connectivity index is 1.68. The Morgan fingerprint density at radius 3 is 2.13 bits per heavy atom. The lowest BCUT2D eigenvalue weighted by molar-refractivity contribution is -0.202. The molecule has 0 aliphatic carbocycles. The topological polar surface area (TPSA) is 177 Å². The number of carbonyl (C=O) groups is 5. The predicted molar refractivity (Wildman–Crippen MR) is 187 cm³/mol. The quantitative estimate of drug-likeness (QED) is 0.0578. The van der Waals surface area contributed by atoms with Gasteiger partial charge in [0.2, 0.25) is 0 Å². The number of amides is 3. The second-order valence-corrected chi connectivity index (χ2v) is 11.5. The van der Waals surface area contributed by atoms with E-state index < -0.39 is 54.3 Å². The summed E-state index contributed by atoms with van der Waals surface area (Å²) in [5.74, 6) is -1.45. The standard InChI is InChI=1S/C38H31F3N6O6/c39-38(40,41)36(52)53-32(49)23-30(25-10-4-1-5-11-25)47-33(26-12-6-2-7-13-26)35(51)46(27-14-8-3-9-15-27)29-18-16-24(22-28(29)34(47)50)17-19-31(48)44-20-21-45-37(42)43/h1-16,18,22,30,33H,20-21,23H2,(H,44,48)(H4,42,43,45). The number of esters is 2. The Hall–Kier alpha value is -6.95. The van der Waals surface area contributed by atoms with Crippen LogP contribution in [0.4, 0.5) is 24.5 Å². The summed E-state index contributed by atoms with van der Waals surface area (Å²) in [5, 5.41) is 2.53. The lowest BCUT2D eigenvalue weighted by atomic mass is 9.95. The smallest absolute Gasteiger partial charge is 0.386 e. The van der Waals surface area contributed by atoms with Gasteiger partial charge in [-0.3, -0.25) is 29.1 Å². The van der Waals surface area contributed by atoms with Gasteiger partial charge in [0.1, 0.15) is 6.04 Å². The van der Waals surface area contributed by atoms with E-state index in [1.807, 2.05) is 0 Å². The molecule has 0 saturated carbocycles. The molecule has 4 aromatic carbocycles. The molecule has 2 atom stereocenters. The number of aliphatic imine (C=N–C) groups is 1. The van der Waals surface area contributed by atoms with Gasteiger partial charge in [0.05, 0.1) is 30.3 Å². The molecule has 4 aromatic rings. The molecule has 0 radical (unpaired) electrons. The second-order valence-electron chi connectivity index (χ2n) is 11.5. The van der Waals surface area contributed by atoms with Crippen molar-refractivity contribution in [3.63, 3.8) is 0 Å². The number of ether oxygens (including phenoxy) is 1. The highest BCUT2D eigenvalue weighted by molar-refractivity contribution is 6.15. The molecule has 12 nitrogen and oxygen atoms in total. The number of nitrogens with zero attached hydrogens (tertiary/aromatic N) is 3.